The number of esters is 1. The highest BCUT2D eigenvalue weighted by Crippen LogP contribution is 2.11. The van der Waals surface area contributed by atoms with E-state index in [-0.39, 0.29) is 11.8 Å². The van der Waals surface area contributed by atoms with Crippen LogP contribution in [0.1, 0.15) is 19.8 Å². The van der Waals surface area contributed by atoms with Gasteiger partial charge < -0.3 is 15.0 Å². The molecule has 1 fully saturated rings. The highest BCUT2D eigenvalue weighted by Gasteiger charge is 2.22. The van der Waals surface area contributed by atoms with Crippen LogP contribution in [-0.4, -0.2) is 60.4 Å². The maximum Gasteiger partial charge on any atom is 0.329 e. The second-order valence-corrected chi connectivity index (χ2v) is 5.41. The van der Waals surface area contributed by atoms with E-state index >= 15 is 0 Å². The fraction of sp³-hybridized carbons (Fsp3) is 0.750. The fourth-order valence-corrected chi connectivity index (χ4v) is 2.81. The smallest absolute Gasteiger partial charge is 0.329 e. The molecule has 19 heavy (non-hydrogen) atoms. The molecule has 1 unspecified atom stereocenters. The summed E-state index contributed by atoms with van der Waals surface area (Å²) in [6.45, 7) is 2.99. The minimum atomic E-state index is -0.695. The summed E-state index contributed by atoms with van der Waals surface area (Å²) in [5, 5.41) is 2.51. The summed E-state index contributed by atoms with van der Waals surface area (Å²) < 4.78 is 4.61. The fourth-order valence-electron chi connectivity index (χ4n) is 1.88. The molecule has 108 valence electrons. The van der Waals surface area contributed by atoms with E-state index in [2.05, 4.69) is 10.1 Å². The van der Waals surface area contributed by atoms with Crippen molar-refractivity contribution in [3.8, 4) is 0 Å². The van der Waals surface area contributed by atoms with Gasteiger partial charge in [-0.25, -0.2) is 4.79 Å². The summed E-state index contributed by atoms with van der Waals surface area (Å²) in [5.41, 5.74) is 0. The summed E-state index contributed by atoms with van der Waals surface area (Å²) in [5.74, 6) is -0.0223. The minimum absolute atomic E-state index is 0.0916. The number of rotatable bonds is 6. The van der Waals surface area contributed by atoms with Crippen LogP contribution in [0.2, 0.25) is 0 Å². The number of amides is 2. The third-order valence-corrected chi connectivity index (χ3v) is 3.85. The molecule has 1 atom stereocenters. The Labute approximate surface area is 117 Å². The third-order valence-electron chi connectivity index (χ3n) is 2.83. The molecule has 1 aliphatic rings. The van der Waals surface area contributed by atoms with E-state index in [9.17, 15) is 14.4 Å². The van der Waals surface area contributed by atoms with Crippen LogP contribution in [0.15, 0.2) is 0 Å². The van der Waals surface area contributed by atoms with Crippen LogP contribution in [0.4, 0.5) is 0 Å². The number of carbonyl (C=O) groups excluding carboxylic acids is 3. The summed E-state index contributed by atoms with van der Waals surface area (Å²) >= 11 is 1.34. The first-order valence-electron chi connectivity index (χ1n) is 6.25. The van der Waals surface area contributed by atoms with Gasteiger partial charge in [0.15, 0.2) is 0 Å². The lowest BCUT2D eigenvalue weighted by Gasteiger charge is -2.17. The van der Waals surface area contributed by atoms with E-state index in [0.717, 1.165) is 25.9 Å². The molecule has 0 aromatic carbocycles. The number of likely N-dealkylation sites (tertiary alicyclic amines) is 1. The van der Waals surface area contributed by atoms with E-state index in [4.69, 9.17) is 0 Å². The highest BCUT2D eigenvalue weighted by molar-refractivity contribution is 8.00. The Morgan fingerprint density at radius 3 is 2.47 bits per heavy atom. The van der Waals surface area contributed by atoms with Crippen molar-refractivity contribution >= 4 is 29.5 Å². The monoisotopic (exact) mass is 288 g/mol. The van der Waals surface area contributed by atoms with E-state index < -0.39 is 12.0 Å². The SMILES string of the molecule is COC(=O)C(CSCC(=O)N1CCCC1)NC(C)=O. The second-order valence-electron chi connectivity index (χ2n) is 4.38. The average Bonchev–Trinajstić information content (AvgIpc) is 2.89. The Balaban J connectivity index is 2.32. The largest absolute Gasteiger partial charge is 0.467 e. The Kier molecular flexibility index (Phi) is 6.69. The van der Waals surface area contributed by atoms with Crippen LogP contribution < -0.4 is 5.32 Å². The molecule has 0 spiro atoms. The molecule has 1 saturated heterocycles. The molecule has 1 heterocycles. The lowest BCUT2D eigenvalue weighted by molar-refractivity contribution is -0.144. The van der Waals surface area contributed by atoms with Gasteiger partial charge in [-0.2, -0.15) is 0 Å². The number of ether oxygens (including phenoxy) is 1. The van der Waals surface area contributed by atoms with Gasteiger partial charge in [-0.05, 0) is 12.8 Å². The lowest BCUT2D eigenvalue weighted by atomic mass is 10.3. The maximum absolute atomic E-state index is 11.8. The van der Waals surface area contributed by atoms with Crippen molar-refractivity contribution in [1.29, 1.82) is 0 Å². The third kappa shape index (κ3) is 5.50. The van der Waals surface area contributed by atoms with Gasteiger partial charge >= 0.3 is 5.97 Å². The Morgan fingerprint density at radius 2 is 1.95 bits per heavy atom. The molecular formula is C12H20N2O4S. The summed E-state index contributed by atoms with van der Waals surface area (Å²) in [4.78, 5) is 36.0. The molecule has 6 nitrogen and oxygen atoms in total. The van der Waals surface area contributed by atoms with Crippen LogP contribution in [0.25, 0.3) is 0 Å². The number of nitrogens with one attached hydrogen (secondary N) is 1. The highest BCUT2D eigenvalue weighted by atomic mass is 32.2. The van der Waals surface area contributed by atoms with E-state index in [1.54, 1.807) is 0 Å². The van der Waals surface area contributed by atoms with Crippen LogP contribution in [0, 0.1) is 0 Å². The van der Waals surface area contributed by atoms with Gasteiger partial charge in [-0.15, -0.1) is 11.8 Å². The van der Waals surface area contributed by atoms with Gasteiger partial charge in [0.2, 0.25) is 11.8 Å². The second kappa shape index (κ2) is 8.04. The van der Waals surface area contributed by atoms with Crippen molar-refractivity contribution < 1.29 is 19.1 Å². The number of hydrogen-bond donors (Lipinski definition) is 1. The standard InChI is InChI=1S/C12H20N2O4S/c1-9(15)13-10(12(17)18-2)7-19-8-11(16)14-5-3-4-6-14/h10H,3-8H2,1-2H3,(H,13,15). The van der Waals surface area contributed by atoms with Crippen molar-refractivity contribution in [2.45, 2.75) is 25.8 Å². The number of hydrogen-bond acceptors (Lipinski definition) is 5. The molecule has 0 aliphatic carbocycles. The molecule has 1 N–H and O–H groups in total. The van der Waals surface area contributed by atoms with Gasteiger partial charge in [-0.3, -0.25) is 9.59 Å². The van der Waals surface area contributed by atoms with Crippen molar-refractivity contribution in [1.82, 2.24) is 10.2 Å². The van der Waals surface area contributed by atoms with Crippen LogP contribution in [0.5, 0.6) is 0 Å². The van der Waals surface area contributed by atoms with E-state index in [0.29, 0.717) is 11.5 Å². The quantitative estimate of drug-likeness (QED) is 0.697. The van der Waals surface area contributed by atoms with Crippen LogP contribution in [0.3, 0.4) is 0 Å². The molecule has 7 heteroatoms. The summed E-state index contributed by atoms with van der Waals surface area (Å²) in [6, 6.07) is -0.695. The Morgan fingerprint density at radius 1 is 1.32 bits per heavy atom. The van der Waals surface area contributed by atoms with Crippen LogP contribution in [-0.2, 0) is 19.1 Å². The van der Waals surface area contributed by atoms with E-state index in [1.165, 1.54) is 25.8 Å². The van der Waals surface area contributed by atoms with Gasteiger partial charge in [-0.1, -0.05) is 0 Å². The van der Waals surface area contributed by atoms with E-state index in [1.807, 2.05) is 4.90 Å². The summed E-state index contributed by atoms with van der Waals surface area (Å²) in [7, 11) is 1.28. The average molecular weight is 288 g/mol. The van der Waals surface area contributed by atoms with Crippen molar-refractivity contribution in [3.05, 3.63) is 0 Å². The molecule has 0 aromatic rings. The number of methoxy groups -OCH3 is 1. The maximum atomic E-state index is 11.8. The number of carbonyl (C=O) groups is 3. The normalized spacial score (nSPS) is 16.0. The molecule has 1 aliphatic heterocycles. The van der Waals surface area contributed by atoms with Gasteiger partial charge in [0, 0.05) is 25.8 Å². The first kappa shape index (κ1) is 15.8. The molecule has 0 radical (unpaired) electrons. The van der Waals surface area contributed by atoms with Gasteiger partial charge in [0.05, 0.1) is 12.9 Å². The van der Waals surface area contributed by atoms with Crippen molar-refractivity contribution in [2.24, 2.45) is 0 Å². The zero-order valence-electron chi connectivity index (χ0n) is 11.3. The number of nitrogens with zero attached hydrogens (tertiary/aromatic N) is 1. The molecule has 0 aromatic heterocycles. The predicted molar refractivity (Wildman–Crippen MR) is 72.8 cm³/mol. The van der Waals surface area contributed by atoms with Crippen molar-refractivity contribution in [2.75, 3.05) is 31.7 Å². The molecule has 2 amide bonds. The zero-order valence-corrected chi connectivity index (χ0v) is 12.1. The topological polar surface area (TPSA) is 75.7 Å². The van der Waals surface area contributed by atoms with Crippen molar-refractivity contribution in [3.63, 3.8) is 0 Å². The molecule has 0 bridgehead atoms. The zero-order chi connectivity index (χ0) is 14.3. The Hall–Kier alpha value is -1.24. The Bertz CT molecular complexity index is 343. The lowest BCUT2D eigenvalue weighted by Crippen LogP contribution is -2.42. The van der Waals surface area contributed by atoms with Gasteiger partial charge in [0.1, 0.15) is 6.04 Å². The first-order valence-corrected chi connectivity index (χ1v) is 7.40. The number of thioether (sulfide) groups is 1. The first-order chi connectivity index (χ1) is 9.04. The van der Waals surface area contributed by atoms with Crippen LogP contribution >= 0.6 is 11.8 Å². The predicted octanol–water partition coefficient (Wildman–Crippen LogP) is 0.0197. The molecule has 1 rings (SSSR count). The summed E-state index contributed by atoms with van der Waals surface area (Å²) in [6.07, 6.45) is 2.13. The molecular weight excluding hydrogens is 268 g/mol. The minimum Gasteiger partial charge on any atom is -0.467 e. The molecule has 0 saturated carbocycles. The van der Waals surface area contributed by atoms with Gasteiger partial charge in [0.25, 0.3) is 0 Å².